The molecule has 3 atom stereocenters. The maximum absolute atomic E-state index is 13.6. The van der Waals surface area contributed by atoms with E-state index < -0.39 is 5.60 Å². The van der Waals surface area contributed by atoms with Crippen LogP contribution in [0.2, 0.25) is 0 Å². The van der Waals surface area contributed by atoms with Crippen molar-refractivity contribution < 1.29 is 9.50 Å². The number of rotatable bonds is 4. The fourth-order valence-corrected chi connectivity index (χ4v) is 3.21. The summed E-state index contributed by atoms with van der Waals surface area (Å²) in [6.07, 6.45) is 3.32. The van der Waals surface area contributed by atoms with Gasteiger partial charge in [0.15, 0.2) is 0 Å². The van der Waals surface area contributed by atoms with E-state index in [-0.39, 0.29) is 17.9 Å². The molecule has 21 heavy (non-hydrogen) atoms. The molecule has 0 aliphatic carbocycles. The van der Waals surface area contributed by atoms with Crippen molar-refractivity contribution in [2.45, 2.75) is 57.2 Å². The van der Waals surface area contributed by atoms with Crippen LogP contribution >= 0.6 is 0 Å². The van der Waals surface area contributed by atoms with Gasteiger partial charge in [0, 0.05) is 18.6 Å². The van der Waals surface area contributed by atoms with E-state index in [1.165, 1.54) is 6.07 Å². The standard InChI is InChI=1S/C17H27FN2O/c1-3-15(19)16(13-6-4-7-14(18)12-13)20-10-5-8-17(2,21)9-11-20/h4,6-7,12,15-16,21H,3,5,8-11,19H2,1-2H3. The quantitative estimate of drug-likeness (QED) is 0.898. The number of hydrogen-bond acceptors (Lipinski definition) is 3. The minimum Gasteiger partial charge on any atom is -0.390 e. The highest BCUT2D eigenvalue weighted by atomic mass is 19.1. The summed E-state index contributed by atoms with van der Waals surface area (Å²) in [4.78, 5) is 2.31. The minimum absolute atomic E-state index is 0.0135. The van der Waals surface area contributed by atoms with Crippen LogP contribution < -0.4 is 5.73 Å². The van der Waals surface area contributed by atoms with Crippen molar-refractivity contribution in [2.24, 2.45) is 5.73 Å². The summed E-state index contributed by atoms with van der Waals surface area (Å²) in [5.74, 6) is -0.220. The largest absolute Gasteiger partial charge is 0.390 e. The summed E-state index contributed by atoms with van der Waals surface area (Å²) in [6.45, 7) is 5.64. The highest BCUT2D eigenvalue weighted by Crippen LogP contribution is 2.30. The molecule has 1 aromatic carbocycles. The van der Waals surface area contributed by atoms with Crippen LogP contribution in [0.3, 0.4) is 0 Å². The van der Waals surface area contributed by atoms with Crippen LogP contribution in [0.1, 0.15) is 51.1 Å². The van der Waals surface area contributed by atoms with Gasteiger partial charge in [0.1, 0.15) is 5.82 Å². The van der Waals surface area contributed by atoms with E-state index in [1.54, 1.807) is 12.1 Å². The highest BCUT2D eigenvalue weighted by molar-refractivity contribution is 5.22. The van der Waals surface area contributed by atoms with Crippen LogP contribution in [0.4, 0.5) is 4.39 Å². The number of aliphatic hydroxyl groups is 1. The van der Waals surface area contributed by atoms with Crippen molar-refractivity contribution in [3.8, 4) is 0 Å². The molecule has 0 amide bonds. The van der Waals surface area contributed by atoms with Crippen molar-refractivity contribution in [1.29, 1.82) is 0 Å². The zero-order chi connectivity index (χ0) is 15.5. The lowest BCUT2D eigenvalue weighted by molar-refractivity contribution is 0.0422. The summed E-state index contributed by atoms with van der Waals surface area (Å²) in [6, 6.07) is 6.73. The van der Waals surface area contributed by atoms with Crippen molar-refractivity contribution in [3.63, 3.8) is 0 Å². The molecule has 1 fully saturated rings. The molecule has 1 heterocycles. The monoisotopic (exact) mass is 294 g/mol. The third-order valence-corrected chi connectivity index (χ3v) is 4.56. The van der Waals surface area contributed by atoms with Gasteiger partial charge in [-0.15, -0.1) is 0 Å². The zero-order valence-corrected chi connectivity index (χ0v) is 13.1. The lowest BCUT2D eigenvalue weighted by Gasteiger charge is -2.35. The normalized spacial score (nSPS) is 27.1. The van der Waals surface area contributed by atoms with Gasteiger partial charge >= 0.3 is 0 Å². The van der Waals surface area contributed by atoms with Crippen LogP contribution in [0, 0.1) is 5.82 Å². The van der Waals surface area contributed by atoms with E-state index in [4.69, 9.17) is 5.73 Å². The second kappa shape index (κ2) is 6.86. The molecule has 0 spiro atoms. The van der Waals surface area contributed by atoms with E-state index in [0.717, 1.165) is 44.3 Å². The number of nitrogens with two attached hydrogens (primary N) is 1. The van der Waals surface area contributed by atoms with Crippen LogP contribution in [0.25, 0.3) is 0 Å². The Labute approximate surface area is 126 Å². The van der Waals surface area contributed by atoms with Gasteiger partial charge in [0.05, 0.1) is 5.60 Å². The Morgan fingerprint density at radius 3 is 2.81 bits per heavy atom. The first-order valence-electron chi connectivity index (χ1n) is 7.90. The van der Waals surface area contributed by atoms with E-state index in [0.29, 0.717) is 0 Å². The molecule has 2 rings (SSSR count). The minimum atomic E-state index is -0.600. The Hall–Kier alpha value is -0.970. The van der Waals surface area contributed by atoms with Gasteiger partial charge in [0.25, 0.3) is 0 Å². The molecule has 0 saturated carbocycles. The van der Waals surface area contributed by atoms with Crippen molar-refractivity contribution in [3.05, 3.63) is 35.6 Å². The number of nitrogens with zero attached hydrogens (tertiary/aromatic N) is 1. The fourth-order valence-electron chi connectivity index (χ4n) is 3.21. The van der Waals surface area contributed by atoms with Crippen LogP contribution in [0.15, 0.2) is 24.3 Å². The van der Waals surface area contributed by atoms with E-state index in [9.17, 15) is 9.50 Å². The lowest BCUT2D eigenvalue weighted by Crippen LogP contribution is -2.42. The van der Waals surface area contributed by atoms with Gasteiger partial charge in [-0.1, -0.05) is 19.1 Å². The first-order valence-corrected chi connectivity index (χ1v) is 7.90. The second-order valence-electron chi connectivity index (χ2n) is 6.46. The molecular formula is C17H27FN2O. The zero-order valence-electron chi connectivity index (χ0n) is 13.1. The summed E-state index contributed by atoms with van der Waals surface area (Å²) in [7, 11) is 0. The van der Waals surface area contributed by atoms with Gasteiger partial charge < -0.3 is 10.8 Å². The third kappa shape index (κ3) is 4.25. The van der Waals surface area contributed by atoms with E-state index >= 15 is 0 Å². The van der Waals surface area contributed by atoms with Gasteiger partial charge in [-0.05, 0) is 56.8 Å². The number of likely N-dealkylation sites (tertiary alicyclic amines) is 1. The van der Waals surface area contributed by atoms with Gasteiger partial charge in [-0.25, -0.2) is 4.39 Å². The Bertz CT molecular complexity index is 464. The molecule has 3 N–H and O–H groups in total. The van der Waals surface area contributed by atoms with Crippen LogP contribution in [-0.2, 0) is 0 Å². The van der Waals surface area contributed by atoms with Gasteiger partial charge in [-0.2, -0.15) is 0 Å². The number of hydrogen-bond donors (Lipinski definition) is 2. The molecule has 1 saturated heterocycles. The van der Waals surface area contributed by atoms with E-state index in [1.807, 2.05) is 13.0 Å². The fraction of sp³-hybridized carbons (Fsp3) is 0.647. The Balaban J connectivity index is 2.24. The molecular weight excluding hydrogens is 267 g/mol. The van der Waals surface area contributed by atoms with Crippen molar-refractivity contribution >= 4 is 0 Å². The summed E-state index contributed by atoms with van der Waals surface area (Å²) < 4.78 is 13.6. The average Bonchev–Trinajstić information content (AvgIpc) is 2.60. The molecule has 0 bridgehead atoms. The molecule has 0 aromatic heterocycles. The predicted octanol–water partition coefficient (Wildman–Crippen LogP) is 2.84. The van der Waals surface area contributed by atoms with Crippen LogP contribution in [0.5, 0.6) is 0 Å². The summed E-state index contributed by atoms with van der Waals surface area (Å²) >= 11 is 0. The maximum Gasteiger partial charge on any atom is 0.123 e. The first-order chi connectivity index (χ1) is 9.93. The Morgan fingerprint density at radius 2 is 2.14 bits per heavy atom. The molecule has 3 unspecified atom stereocenters. The second-order valence-corrected chi connectivity index (χ2v) is 6.46. The molecule has 0 radical (unpaired) electrons. The van der Waals surface area contributed by atoms with Gasteiger partial charge in [0.2, 0.25) is 0 Å². The molecule has 4 heteroatoms. The maximum atomic E-state index is 13.6. The lowest BCUT2D eigenvalue weighted by atomic mass is 9.95. The topological polar surface area (TPSA) is 49.5 Å². The summed E-state index contributed by atoms with van der Waals surface area (Å²) in [5, 5.41) is 10.2. The van der Waals surface area contributed by atoms with Crippen molar-refractivity contribution in [1.82, 2.24) is 4.90 Å². The van der Waals surface area contributed by atoms with Gasteiger partial charge in [-0.3, -0.25) is 4.90 Å². The molecule has 118 valence electrons. The Morgan fingerprint density at radius 1 is 1.38 bits per heavy atom. The average molecular weight is 294 g/mol. The van der Waals surface area contributed by atoms with Crippen LogP contribution in [-0.4, -0.2) is 34.7 Å². The predicted molar refractivity (Wildman–Crippen MR) is 83.5 cm³/mol. The summed E-state index contributed by atoms with van der Waals surface area (Å²) in [5.41, 5.74) is 6.66. The molecule has 3 nitrogen and oxygen atoms in total. The molecule has 1 aliphatic rings. The van der Waals surface area contributed by atoms with E-state index in [2.05, 4.69) is 11.8 Å². The number of halogens is 1. The molecule has 1 aromatic rings. The first kappa shape index (κ1) is 16.4. The smallest absolute Gasteiger partial charge is 0.123 e. The molecule has 1 aliphatic heterocycles. The third-order valence-electron chi connectivity index (χ3n) is 4.56. The number of benzene rings is 1. The van der Waals surface area contributed by atoms with Crippen molar-refractivity contribution in [2.75, 3.05) is 13.1 Å². The highest BCUT2D eigenvalue weighted by Gasteiger charge is 2.31. The Kier molecular flexibility index (Phi) is 5.36. The SMILES string of the molecule is CCC(N)C(c1cccc(F)c1)N1CCCC(C)(O)CC1.